The minimum atomic E-state index is -4.95. The van der Waals surface area contributed by atoms with Crippen molar-refractivity contribution in [2.24, 2.45) is 0 Å². The van der Waals surface area contributed by atoms with Crippen LogP contribution in [0.3, 0.4) is 0 Å². The molecule has 3 aromatic rings. The highest BCUT2D eigenvalue weighted by molar-refractivity contribution is 7.87. The zero-order chi connectivity index (χ0) is 30.5. The summed E-state index contributed by atoms with van der Waals surface area (Å²) in [5, 5.41) is 2.73. The lowest BCUT2D eigenvalue weighted by Crippen LogP contribution is -2.12. The Hall–Kier alpha value is -3.63. The fourth-order valence-electron chi connectivity index (χ4n) is 3.84. The third-order valence-electron chi connectivity index (χ3n) is 5.76. The Labute approximate surface area is 233 Å². The SMILES string of the molecule is Nc1c(NCC2=CC=CC(c3nc4c(S(=O)(=O)O)cc(S(=O)(=O)O)cc4[nH]3)C=C2)cc(S(=O)(=O)O)cc1S(=O)(=O)O. The minimum Gasteiger partial charge on any atom is -0.396 e. The Kier molecular flexibility index (Phi) is 7.64. The number of anilines is 2. The predicted molar refractivity (Wildman–Crippen MR) is 144 cm³/mol. The molecule has 1 atom stereocenters. The monoisotopic (exact) mass is 648 g/mol. The summed E-state index contributed by atoms with van der Waals surface area (Å²) in [4.78, 5) is 3.53. The summed E-state index contributed by atoms with van der Waals surface area (Å²) in [5.74, 6) is -0.506. The summed E-state index contributed by atoms with van der Waals surface area (Å²) in [6, 6.07) is 2.89. The van der Waals surface area contributed by atoms with Gasteiger partial charge in [-0.3, -0.25) is 18.2 Å². The molecule has 220 valence electrons. The van der Waals surface area contributed by atoms with Crippen molar-refractivity contribution in [3.63, 3.8) is 0 Å². The number of hydrogen-bond donors (Lipinski definition) is 7. The molecule has 1 aliphatic rings. The zero-order valence-corrected chi connectivity index (χ0v) is 23.5. The summed E-state index contributed by atoms with van der Waals surface area (Å²) in [7, 11) is -19.6. The number of rotatable bonds is 8. The Morgan fingerprint density at radius 1 is 0.805 bits per heavy atom. The van der Waals surface area contributed by atoms with Gasteiger partial charge in [0.2, 0.25) is 0 Å². The molecule has 0 radical (unpaired) electrons. The van der Waals surface area contributed by atoms with Crippen molar-refractivity contribution >= 4 is 62.9 Å². The van der Waals surface area contributed by atoms with Gasteiger partial charge in [-0.25, -0.2) is 4.98 Å². The van der Waals surface area contributed by atoms with Crippen molar-refractivity contribution in [2.75, 3.05) is 17.6 Å². The van der Waals surface area contributed by atoms with Crippen LogP contribution in [-0.4, -0.2) is 68.4 Å². The molecule has 2 aromatic carbocycles. The highest BCUT2D eigenvalue weighted by atomic mass is 32.2. The number of nitrogen functional groups attached to an aromatic ring is 1. The van der Waals surface area contributed by atoms with E-state index in [9.17, 15) is 51.9 Å². The molecule has 0 fully saturated rings. The minimum absolute atomic E-state index is 0.0671. The average Bonchev–Trinajstić information content (AvgIpc) is 3.11. The molecule has 20 heteroatoms. The summed E-state index contributed by atoms with van der Waals surface area (Å²) < 4.78 is 131. The van der Waals surface area contributed by atoms with Crippen molar-refractivity contribution in [2.45, 2.75) is 25.5 Å². The Balaban J connectivity index is 1.64. The number of aromatic amines is 1. The lowest BCUT2D eigenvalue weighted by molar-refractivity contribution is 0.477. The molecule has 4 rings (SSSR count). The van der Waals surface area contributed by atoms with Gasteiger partial charge in [-0.15, -0.1) is 0 Å². The molecule has 1 unspecified atom stereocenters. The Morgan fingerprint density at radius 2 is 1.39 bits per heavy atom. The standard InChI is InChI=1S/C21H20N4O12S4/c22-19-15(6-13(38(26,27)28)8-17(19)40(32,33)34)23-10-11-2-1-3-12(5-4-11)21-24-16-7-14(39(29,30)31)9-18(20(16)25-21)41(35,36)37/h1-9,12,23H,10,22H2,(H,24,25)(H,26,27,28)(H,29,30,31)(H,32,33,34)(H,35,36,37). The number of hydrogen-bond acceptors (Lipinski definition) is 11. The second-order valence-electron chi connectivity index (χ2n) is 8.59. The fourth-order valence-corrected chi connectivity index (χ4v) is 6.39. The molecule has 0 saturated carbocycles. The van der Waals surface area contributed by atoms with Gasteiger partial charge in [-0.1, -0.05) is 30.4 Å². The van der Waals surface area contributed by atoms with Crippen LogP contribution in [-0.2, 0) is 40.5 Å². The normalized spacial score (nSPS) is 16.5. The van der Waals surface area contributed by atoms with Crippen molar-refractivity contribution < 1.29 is 51.9 Å². The maximum absolute atomic E-state index is 11.9. The van der Waals surface area contributed by atoms with Crippen LogP contribution in [0.15, 0.2) is 79.8 Å². The van der Waals surface area contributed by atoms with Gasteiger partial charge in [0, 0.05) is 6.54 Å². The molecule has 8 N–H and O–H groups in total. The molecule has 1 aromatic heterocycles. The number of nitrogens with two attached hydrogens (primary N) is 1. The lowest BCUT2D eigenvalue weighted by atomic mass is 10.1. The van der Waals surface area contributed by atoms with Crippen LogP contribution in [0.4, 0.5) is 11.4 Å². The van der Waals surface area contributed by atoms with E-state index in [0.717, 1.165) is 12.1 Å². The van der Waals surface area contributed by atoms with Crippen LogP contribution in [0.1, 0.15) is 11.7 Å². The van der Waals surface area contributed by atoms with E-state index in [1.165, 1.54) is 0 Å². The van der Waals surface area contributed by atoms with E-state index in [1.54, 1.807) is 30.4 Å². The number of H-pyrrole nitrogens is 1. The summed E-state index contributed by atoms with van der Waals surface area (Å²) in [6.07, 6.45) is 7.95. The second-order valence-corrected chi connectivity index (χ2v) is 14.2. The van der Waals surface area contributed by atoms with Gasteiger partial charge in [0.25, 0.3) is 40.5 Å². The number of nitrogens with one attached hydrogen (secondary N) is 2. The van der Waals surface area contributed by atoms with Gasteiger partial charge in [0.05, 0.1) is 32.6 Å². The molecule has 41 heavy (non-hydrogen) atoms. The van der Waals surface area contributed by atoms with Crippen molar-refractivity contribution in [1.29, 1.82) is 0 Å². The van der Waals surface area contributed by atoms with Crippen LogP contribution in [0.2, 0.25) is 0 Å². The maximum Gasteiger partial charge on any atom is 0.296 e. The molecule has 0 aliphatic heterocycles. The fraction of sp³-hybridized carbons (Fsp3) is 0.0952. The molecule has 0 bridgehead atoms. The van der Waals surface area contributed by atoms with E-state index in [4.69, 9.17) is 5.73 Å². The Bertz CT molecular complexity index is 2110. The molecular formula is C21H20N4O12S4. The zero-order valence-electron chi connectivity index (χ0n) is 20.2. The summed E-state index contributed by atoms with van der Waals surface area (Å²) in [5.41, 5.74) is 5.20. The van der Waals surface area contributed by atoms with Gasteiger partial charge < -0.3 is 16.0 Å². The van der Waals surface area contributed by atoms with Crippen LogP contribution in [0.25, 0.3) is 11.0 Å². The number of aromatic nitrogens is 2. The molecule has 0 amide bonds. The predicted octanol–water partition coefficient (Wildman–Crippen LogP) is 1.38. The van der Waals surface area contributed by atoms with Gasteiger partial charge in [-0.05, 0) is 29.8 Å². The summed E-state index contributed by atoms with van der Waals surface area (Å²) >= 11 is 0. The summed E-state index contributed by atoms with van der Waals surface area (Å²) in [6.45, 7) is -0.0671. The largest absolute Gasteiger partial charge is 0.396 e. The van der Waals surface area contributed by atoms with Gasteiger partial charge in [0.1, 0.15) is 21.1 Å². The molecule has 1 heterocycles. The average molecular weight is 649 g/mol. The highest BCUT2D eigenvalue weighted by Crippen LogP contribution is 2.32. The van der Waals surface area contributed by atoms with Crippen LogP contribution in [0.5, 0.6) is 0 Å². The first kappa shape index (κ1) is 30.3. The molecule has 1 aliphatic carbocycles. The number of allylic oxidation sites excluding steroid dienone is 4. The van der Waals surface area contributed by atoms with Gasteiger partial charge >= 0.3 is 0 Å². The van der Waals surface area contributed by atoms with E-state index in [-0.39, 0.29) is 29.1 Å². The quantitative estimate of drug-likeness (QED) is 0.134. The topological polar surface area (TPSA) is 284 Å². The molecule has 16 nitrogen and oxygen atoms in total. The third-order valence-corrected chi connectivity index (χ3v) is 9.18. The van der Waals surface area contributed by atoms with Crippen molar-refractivity contribution in [3.05, 3.63) is 66.0 Å². The van der Waals surface area contributed by atoms with Gasteiger partial charge in [-0.2, -0.15) is 33.7 Å². The van der Waals surface area contributed by atoms with E-state index in [1.807, 2.05) is 0 Å². The lowest BCUT2D eigenvalue weighted by Gasteiger charge is -2.14. The first-order valence-corrected chi connectivity index (χ1v) is 16.7. The van der Waals surface area contributed by atoms with Crippen molar-refractivity contribution in [3.8, 4) is 0 Å². The van der Waals surface area contributed by atoms with E-state index in [0.29, 0.717) is 17.7 Å². The smallest absolute Gasteiger partial charge is 0.296 e. The van der Waals surface area contributed by atoms with Crippen molar-refractivity contribution in [1.82, 2.24) is 9.97 Å². The Morgan fingerprint density at radius 3 is 1.98 bits per heavy atom. The number of benzene rings is 2. The molecule has 0 spiro atoms. The molecular weight excluding hydrogens is 629 g/mol. The van der Waals surface area contributed by atoms with E-state index >= 15 is 0 Å². The first-order chi connectivity index (χ1) is 18.7. The maximum atomic E-state index is 11.9. The second kappa shape index (κ2) is 10.3. The van der Waals surface area contributed by atoms with Gasteiger partial charge in [0.15, 0.2) is 0 Å². The van der Waals surface area contributed by atoms with Crippen LogP contribution in [0, 0.1) is 0 Å². The first-order valence-electron chi connectivity index (χ1n) is 10.9. The van der Waals surface area contributed by atoms with E-state index in [2.05, 4.69) is 15.3 Å². The van der Waals surface area contributed by atoms with Crippen LogP contribution < -0.4 is 11.1 Å². The number of nitrogens with zero attached hydrogens (tertiary/aromatic N) is 1. The van der Waals surface area contributed by atoms with Crippen LogP contribution >= 0.6 is 0 Å². The number of fused-ring (bicyclic) bond motifs is 1. The highest BCUT2D eigenvalue weighted by Gasteiger charge is 2.25. The molecule has 0 saturated heterocycles. The number of imidazole rings is 1. The van der Waals surface area contributed by atoms with E-state index < -0.39 is 71.7 Å². The third kappa shape index (κ3) is 6.65.